The molecule has 0 fully saturated rings. The Morgan fingerprint density at radius 2 is 1.61 bits per heavy atom. The SMILES string of the molecule is Cc1nc(C(F)(F)F)oc1-c1ccc(NC(=O)c2c(F)cc(F)cc2F)cc1. The van der Waals surface area contributed by atoms with Gasteiger partial charge in [0, 0.05) is 23.4 Å². The number of benzene rings is 2. The minimum atomic E-state index is -4.74. The quantitative estimate of drug-likeness (QED) is 0.604. The van der Waals surface area contributed by atoms with E-state index in [1.54, 1.807) is 0 Å². The Hall–Kier alpha value is -3.30. The molecule has 0 unspecified atom stereocenters. The third-order valence-electron chi connectivity index (χ3n) is 3.68. The third-order valence-corrected chi connectivity index (χ3v) is 3.68. The summed E-state index contributed by atoms with van der Waals surface area (Å²) in [5, 5.41) is 2.21. The van der Waals surface area contributed by atoms with E-state index in [1.807, 2.05) is 0 Å². The van der Waals surface area contributed by atoms with E-state index in [9.17, 15) is 31.1 Å². The van der Waals surface area contributed by atoms with Gasteiger partial charge >= 0.3 is 12.1 Å². The first kappa shape index (κ1) is 19.5. The number of hydrogen-bond acceptors (Lipinski definition) is 3. The molecular formula is C18H10F6N2O2. The van der Waals surface area contributed by atoms with Crippen LogP contribution >= 0.6 is 0 Å². The fourth-order valence-electron chi connectivity index (χ4n) is 2.44. The Morgan fingerprint density at radius 1 is 1.04 bits per heavy atom. The summed E-state index contributed by atoms with van der Waals surface area (Å²) in [6.45, 7) is 1.34. The molecule has 0 radical (unpaired) electrons. The van der Waals surface area contributed by atoms with E-state index >= 15 is 0 Å². The van der Waals surface area contributed by atoms with E-state index in [0.29, 0.717) is 12.1 Å². The average Bonchev–Trinajstić information content (AvgIpc) is 2.96. The zero-order valence-corrected chi connectivity index (χ0v) is 14.0. The minimum absolute atomic E-state index is 0.0135. The predicted octanol–water partition coefficient (Wildman–Crippen LogP) is 5.34. The topological polar surface area (TPSA) is 55.1 Å². The summed E-state index contributed by atoms with van der Waals surface area (Å²) in [7, 11) is 0. The number of carbonyl (C=O) groups is 1. The summed E-state index contributed by atoms with van der Waals surface area (Å²) in [6.07, 6.45) is -4.74. The van der Waals surface area contributed by atoms with Crippen molar-refractivity contribution >= 4 is 11.6 Å². The molecule has 10 heteroatoms. The van der Waals surface area contributed by atoms with Gasteiger partial charge in [-0.3, -0.25) is 4.79 Å². The first-order valence-corrected chi connectivity index (χ1v) is 7.67. The lowest BCUT2D eigenvalue weighted by Gasteiger charge is -2.08. The highest BCUT2D eigenvalue weighted by Crippen LogP contribution is 2.34. The number of nitrogens with one attached hydrogen (secondary N) is 1. The molecule has 146 valence electrons. The number of carbonyl (C=O) groups excluding carboxylic acids is 1. The van der Waals surface area contributed by atoms with Crippen molar-refractivity contribution in [3.63, 3.8) is 0 Å². The Kier molecular flexibility index (Phi) is 4.88. The van der Waals surface area contributed by atoms with Gasteiger partial charge in [0.2, 0.25) is 0 Å². The highest BCUT2D eigenvalue weighted by Gasteiger charge is 2.38. The molecule has 3 rings (SSSR count). The second kappa shape index (κ2) is 7.02. The van der Waals surface area contributed by atoms with E-state index in [0.717, 1.165) is 0 Å². The number of amides is 1. The molecule has 0 atom stereocenters. The Labute approximate surface area is 153 Å². The highest BCUT2D eigenvalue weighted by molar-refractivity contribution is 6.04. The van der Waals surface area contributed by atoms with E-state index in [-0.39, 0.29) is 22.7 Å². The van der Waals surface area contributed by atoms with Crippen molar-refractivity contribution in [2.24, 2.45) is 0 Å². The molecule has 0 saturated heterocycles. The van der Waals surface area contributed by atoms with Crippen molar-refractivity contribution in [2.45, 2.75) is 13.1 Å². The van der Waals surface area contributed by atoms with Crippen LogP contribution in [0.25, 0.3) is 11.3 Å². The monoisotopic (exact) mass is 400 g/mol. The fraction of sp³-hybridized carbons (Fsp3) is 0.111. The molecular weight excluding hydrogens is 390 g/mol. The largest absolute Gasteiger partial charge is 0.468 e. The van der Waals surface area contributed by atoms with Gasteiger partial charge in [-0.2, -0.15) is 13.2 Å². The first-order valence-electron chi connectivity index (χ1n) is 7.67. The van der Waals surface area contributed by atoms with Crippen LogP contribution in [-0.4, -0.2) is 10.9 Å². The Bertz CT molecular complexity index is 1020. The van der Waals surface area contributed by atoms with E-state index in [4.69, 9.17) is 4.42 Å². The molecule has 2 aromatic carbocycles. The van der Waals surface area contributed by atoms with Gasteiger partial charge in [-0.05, 0) is 31.2 Å². The molecule has 28 heavy (non-hydrogen) atoms. The van der Waals surface area contributed by atoms with Gasteiger partial charge in [0.05, 0.1) is 5.69 Å². The second-order valence-corrected chi connectivity index (χ2v) is 5.71. The fourth-order valence-corrected chi connectivity index (χ4v) is 2.44. The molecule has 1 N–H and O–H groups in total. The average molecular weight is 400 g/mol. The highest BCUT2D eigenvalue weighted by atomic mass is 19.4. The van der Waals surface area contributed by atoms with Crippen LogP contribution in [0.5, 0.6) is 0 Å². The van der Waals surface area contributed by atoms with Gasteiger partial charge in [-0.15, -0.1) is 0 Å². The maximum absolute atomic E-state index is 13.6. The van der Waals surface area contributed by atoms with E-state index < -0.39 is 41.0 Å². The van der Waals surface area contributed by atoms with Gasteiger partial charge in [0.25, 0.3) is 5.91 Å². The zero-order valence-electron chi connectivity index (χ0n) is 14.0. The lowest BCUT2D eigenvalue weighted by molar-refractivity contribution is -0.156. The summed E-state index contributed by atoms with van der Waals surface area (Å²) in [5.74, 6) is -6.57. The van der Waals surface area contributed by atoms with Crippen LogP contribution in [0, 0.1) is 24.4 Å². The standard InChI is InChI=1S/C18H10F6N2O2/c1-8-15(28-17(25-8)18(22,23)24)9-2-4-11(5-3-9)26-16(27)14-12(20)6-10(19)7-13(14)21/h2-7H,1H3,(H,26,27). The number of rotatable bonds is 3. The summed E-state index contributed by atoms with van der Waals surface area (Å²) in [6, 6.07) is 5.99. The van der Waals surface area contributed by atoms with Crippen molar-refractivity contribution in [1.82, 2.24) is 4.98 Å². The first-order chi connectivity index (χ1) is 13.1. The molecule has 0 saturated carbocycles. The van der Waals surface area contributed by atoms with E-state index in [2.05, 4.69) is 10.3 Å². The lowest BCUT2D eigenvalue weighted by atomic mass is 10.1. The number of halogens is 6. The van der Waals surface area contributed by atoms with Crippen LogP contribution < -0.4 is 5.32 Å². The summed E-state index contributed by atoms with van der Waals surface area (Å²) in [4.78, 5) is 15.3. The molecule has 3 aromatic rings. The van der Waals surface area contributed by atoms with Gasteiger partial charge in [0.1, 0.15) is 23.0 Å². The number of aryl methyl sites for hydroxylation is 1. The van der Waals surface area contributed by atoms with Crippen molar-refractivity contribution in [3.05, 3.63) is 71.0 Å². The molecule has 0 aliphatic carbocycles. The van der Waals surface area contributed by atoms with Gasteiger partial charge in [-0.25, -0.2) is 18.2 Å². The van der Waals surface area contributed by atoms with Crippen molar-refractivity contribution in [3.8, 4) is 11.3 Å². The van der Waals surface area contributed by atoms with Crippen LogP contribution in [0.2, 0.25) is 0 Å². The van der Waals surface area contributed by atoms with Crippen LogP contribution in [-0.2, 0) is 6.18 Å². The summed E-state index contributed by atoms with van der Waals surface area (Å²) >= 11 is 0. The van der Waals surface area contributed by atoms with Crippen LogP contribution in [0.15, 0.2) is 40.8 Å². The second-order valence-electron chi connectivity index (χ2n) is 5.71. The summed E-state index contributed by atoms with van der Waals surface area (Å²) < 4.78 is 82.9. The van der Waals surface area contributed by atoms with Gasteiger partial charge < -0.3 is 9.73 Å². The molecule has 4 nitrogen and oxygen atoms in total. The minimum Gasteiger partial charge on any atom is -0.433 e. The zero-order chi connectivity index (χ0) is 20.6. The normalized spacial score (nSPS) is 11.5. The van der Waals surface area contributed by atoms with Gasteiger partial charge in [0.15, 0.2) is 5.76 Å². The van der Waals surface area contributed by atoms with E-state index in [1.165, 1.54) is 31.2 Å². The molecule has 0 bridgehead atoms. The smallest absolute Gasteiger partial charge is 0.433 e. The number of anilines is 1. The number of alkyl halides is 3. The predicted molar refractivity (Wildman–Crippen MR) is 85.9 cm³/mol. The Balaban J connectivity index is 1.82. The van der Waals surface area contributed by atoms with Gasteiger partial charge in [-0.1, -0.05) is 0 Å². The molecule has 0 aliphatic heterocycles. The number of hydrogen-bond donors (Lipinski definition) is 1. The van der Waals surface area contributed by atoms with Crippen LogP contribution in [0.3, 0.4) is 0 Å². The van der Waals surface area contributed by atoms with Crippen molar-refractivity contribution in [1.29, 1.82) is 0 Å². The molecule has 1 aromatic heterocycles. The van der Waals surface area contributed by atoms with Crippen LogP contribution in [0.4, 0.5) is 32.0 Å². The molecule has 0 aliphatic rings. The maximum Gasteiger partial charge on any atom is 0.468 e. The van der Waals surface area contributed by atoms with Crippen molar-refractivity contribution in [2.75, 3.05) is 5.32 Å². The number of oxazole rings is 1. The Morgan fingerprint density at radius 3 is 2.11 bits per heavy atom. The molecule has 1 amide bonds. The lowest BCUT2D eigenvalue weighted by Crippen LogP contribution is -2.16. The van der Waals surface area contributed by atoms with Crippen molar-refractivity contribution < 1.29 is 35.6 Å². The number of aromatic nitrogens is 1. The molecule has 0 spiro atoms. The third kappa shape index (κ3) is 3.85. The number of nitrogens with zero attached hydrogens (tertiary/aromatic N) is 1. The van der Waals surface area contributed by atoms with Crippen LogP contribution in [0.1, 0.15) is 21.9 Å². The molecule has 1 heterocycles. The maximum atomic E-state index is 13.6. The summed E-state index contributed by atoms with van der Waals surface area (Å²) in [5.41, 5.74) is -0.603.